The molecule has 0 spiro atoms. The van der Waals surface area contributed by atoms with Crippen LogP contribution in [0.15, 0.2) is 30.6 Å². The van der Waals surface area contributed by atoms with E-state index in [0.29, 0.717) is 19.7 Å². The lowest BCUT2D eigenvalue weighted by atomic mass is 9.95. The number of hydrogen-bond donors (Lipinski definition) is 1. The molecule has 0 amide bonds. The SMILES string of the molecule is COCC1(O)CN(c2ncnc3sc4ccccc4c23)C1. The van der Waals surface area contributed by atoms with Crippen molar-refractivity contribution in [2.24, 2.45) is 0 Å². The van der Waals surface area contributed by atoms with Crippen molar-refractivity contribution in [3.63, 3.8) is 0 Å². The largest absolute Gasteiger partial charge is 0.384 e. The molecule has 1 fully saturated rings. The standard InChI is InChI=1S/C15H15N3O2S/c1-20-8-15(19)6-18(7-15)13-12-10-4-2-3-5-11(10)21-14(12)17-9-16-13/h2-5,9,19H,6-8H2,1H3. The number of β-amino-alcohol motifs (C(OH)–C–C–N with tert-alkyl or cyclic N) is 1. The summed E-state index contributed by atoms with van der Waals surface area (Å²) in [5.41, 5.74) is -0.766. The summed E-state index contributed by atoms with van der Waals surface area (Å²) in [6.07, 6.45) is 1.60. The summed E-state index contributed by atoms with van der Waals surface area (Å²) >= 11 is 1.67. The highest BCUT2D eigenvalue weighted by molar-refractivity contribution is 7.25. The molecule has 1 aliphatic rings. The number of methoxy groups -OCH3 is 1. The second-order valence-corrected chi connectivity index (χ2v) is 6.52. The van der Waals surface area contributed by atoms with Gasteiger partial charge in [-0.15, -0.1) is 11.3 Å². The molecule has 2 aromatic heterocycles. The number of ether oxygens (including phenoxy) is 1. The Morgan fingerprint density at radius 2 is 2.14 bits per heavy atom. The quantitative estimate of drug-likeness (QED) is 0.802. The van der Waals surface area contributed by atoms with Crippen LogP contribution < -0.4 is 4.90 Å². The summed E-state index contributed by atoms with van der Waals surface area (Å²) in [5, 5.41) is 12.5. The van der Waals surface area contributed by atoms with Crippen LogP contribution in [-0.4, -0.2) is 47.5 Å². The number of hydrogen-bond acceptors (Lipinski definition) is 6. The van der Waals surface area contributed by atoms with Crippen LogP contribution in [0.3, 0.4) is 0 Å². The van der Waals surface area contributed by atoms with Gasteiger partial charge in [-0.1, -0.05) is 18.2 Å². The number of thiophene rings is 1. The fraction of sp³-hybridized carbons (Fsp3) is 0.333. The predicted molar refractivity (Wildman–Crippen MR) is 84.0 cm³/mol. The van der Waals surface area contributed by atoms with Crippen LogP contribution in [-0.2, 0) is 4.74 Å². The molecule has 1 aliphatic heterocycles. The molecule has 108 valence electrons. The lowest BCUT2D eigenvalue weighted by molar-refractivity contribution is -0.0505. The minimum atomic E-state index is -0.766. The van der Waals surface area contributed by atoms with E-state index < -0.39 is 5.60 Å². The fourth-order valence-electron chi connectivity index (χ4n) is 2.95. The van der Waals surface area contributed by atoms with Gasteiger partial charge in [-0.2, -0.15) is 0 Å². The van der Waals surface area contributed by atoms with E-state index in [1.165, 1.54) is 10.1 Å². The zero-order chi connectivity index (χ0) is 14.4. The molecule has 0 unspecified atom stereocenters. The molecule has 1 N–H and O–H groups in total. The third-order valence-corrected chi connectivity index (χ3v) is 4.92. The Morgan fingerprint density at radius 3 is 2.95 bits per heavy atom. The second kappa shape index (κ2) is 4.62. The van der Waals surface area contributed by atoms with Crippen molar-refractivity contribution in [1.29, 1.82) is 0 Å². The Bertz CT molecular complexity index is 811. The third-order valence-electron chi connectivity index (χ3n) is 3.84. The van der Waals surface area contributed by atoms with Crippen LogP contribution in [0.4, 0.5) is 5.82 Å². The van der Waals surface area contributed by atoms with E-state index in [-0.39, 0.29) is 0 Å². The molecule has 0 saturated carbocycles. The number of anilines is 1. The van der Waals surface area contributed by atoms with Crippen molar-refractivity contribution in [2.45, 2.75) is 5.60 Å². The number of aliphatic hydroxyl groups is 1. The molecule has 6 heteroatoms. The monoisotopic (exact) mass is 301 g/mol. The molecular formula is C15H15N3O2S. The summed E-state index contributed by atoms with van der Waals surface area (Å²) < 4.78 is 6.28. The van der Waals surface area contributed by atoms with Gasteiger partial charge in [0.1, 0.15) is 22.6 Å². The van der Waals surface area contributed by atoms with Crippen LogP contribution in [0.2, 0.25) is 0 Å². The maximum atomic E-state index is 10.3. The Hall–Kier alpha value is -1.76. The summed E-state index contributed by atoms with van der Waals surface area (Å²) in [4.78, 5) is 11.9. The van der Waals surface area contributed by atoms with E-state index in [9.17, 15) is 5.11 Å². The van der Waals surface area contributed by atoms with Gasteiger partial charge < -0.3 is 14.7 Å². The average Bonchev–Trinajstić information content (AvgIpc) is 2.83. The van der Waals surface area contributed by atoms with Gasteiger partial charge in [-0.05, 0) is 6.07 Å². The highest BCUT2D eigenvalue weighted by Gasteiger charge is 2.42. The molecule has 0 radical (unpaired) electrons. The van der Waals surface area contributed by atoms with Gasteiger partial charge in [0.25, 0.3) is 0 Å². The highest BCUT2D eigenvalue weighted by atomic mass is 32.1. The third kappa shape index (κ3) is 1.98. The zero-order valence-electron chi connectivity index (χ0n) is 11.6. The topological polar surface area (TPSA) is 58.5 Å². The first-order valence-corrected chi connectivity index (χ1v) is 7.60. The summed E-state index contributed by atoms with van der Waals surface area (Å²) in [6.45, 7) is 1.43. The van der Waals surface area contributed by atoms with E-state index in [2.05, 4.69) is 27.0 Å². The lowest BCUT2D eigenvalue weighted by Crippen LogP contribution is -2.64. The van der Waals surface area contributed by atoms with Crippen molar-refractivity contribution in [2.75, 3.05) is 31.7 Å². The molecule has 0 bridgehead atoms. The predicted octanol–water partition coefficient (Wildman–Crippen LogP) is 2.04. The van der Waals surface area contributed by atoms with E-state index in [4.69, 9.17) is 4.74 Å². The minimum absolute atomic E-state index is 0.349. The average molecular weight is 301 g/mol. The maximum Gasteiger partial charge on any atom is 0.141 e. The molecule has 0 aliphatic carbocycles. The molecule has 21 heavy (non-hydrogen) atoms. The van der Waals surface area contributed by atoms with Gasteiger partial charge in [0.15, 0.2) is 0 Å². The van der Waals surface area contributed by atoms with Crippen molar-refractivity contribution in [3.8, 4) is 0 Å². The van der Waals surface area contributed by atoms with Crippen LogP contribution >= 0.6 is 11.3 Å². The first kappa shape index (κ1) is 12.9. The molecule has 0 atom stereocenters. The summed E-state index contributed by atoms with van der Waals surface area (Å²) in [5.74, 6) is 0.901. The normalized spacial score (nSPS) is 17.3. The number of benzene rings is 1. The zero-order valence-corrected chi connectivity index (χ0v) is 12.4. The summed E-state index contributed by atoms with van der Waals surface area (Å²) in [6, 6.07) is 8.26. The first-order valence-electron chi connectivity index (χ1n) is 6.79. The molecule has 3 aromatic rings. The fourth-order valence-corrected chi connectivity index (χ4v) is 3.99. The minimum Gasteiger partial charge on any atom is -0.384 e. The van der Waals surface area contributed by atoms with Gasteiger partial charge >= 0.3 is 0 Å². The number of rotatable bonds is 3. The van der Waals surface area contributed by atoms with E-state index >= 15 is 0 Å². The Balaban J connectivity index is 1.80. The van der Waals surface area contributed by atoms with Gasteiger partial charge in [0, 0.05) is 17.2 Å². The lowest BCUT2D eigenvalue weighted by Gasteiger charge is -2.46. The number of fused-ring (bicyclic) bond motifs is 3. The van der Waals surface area contributed by atoms with E-state index in [0.717, 1.165) is 16.0 Å². The van der Waals surface area contributed by atoms with Crippen LogP contribution in [0, 0.1) is 0 Å². The first-order chi connectivity index (χ1) is 10.2. The second-order valence-electron chi connectivity index (χ2n) is 5.49. The van der Waals surface area contributed by atoms with Crippen molar-refractivity contribution >= 4 is 37.5 Å². The van der Waals surface area contributed by atoms with Crippen molar-refractivity contribution in [1.82, 2.24) is 9.97 Å². The van der Waals surface area contributed by atoms with Crippen molar-refractivity contribution in [3.05, 3.63) is 30.6 Å². The molecule has 4 rings (SSSR count). The molecule has 1 aromatic carbocycles. The summed E-state index contributed by atoms with van der Waals surface area (Å²) in [7, 11) is 1.61. The Morgan fingerprint density at radius 1 is 1.33 bits per heavy atom. The number of aromatic nitrogens is 2. The van der Waals surface area contributed by atoms with Gasteiger partial charge in [-0.3, -0.25) is 0 Å². The Kier molecular flexibility index (Phi) is 2.85. The maximum absolute atomic E-state index is 10.3. The number of nitrogens with zero attached hydrogens (tertiary/aromatic N) is 3. The van der Waals surface area contributed by atoms with Crippen LogP contribution in [0.5, 0.6) is 0 Å². The molecular weight excluding hydrogens is 286 g/mol. The van der Waals surface area contributed by atoms with E-state index in [1.807, 2.05) is 12.1 Å². The highest BCUT2D eigenvalue weighted by Crippen LogP contribution is 2.39. The van der Waals surface area contributed by atoms with Gasteiger partial charge in [0.05, 0.1) is 25.1 Å². The molecule has 1 saturated heterocycles. The molecule has 5 nitrogen and oxygen atoms in total. The van der Waals surface area contributed by atoms with E-state index in [1.54, 1.807) is 24.8 Å². The Labute approximate surface area is 125 Å². The molecule has 3 heterocycles. The van der Waals surface area contributed by atoms with Crippen LogP contribution in [0.25, 0.3) is 20.3 Å². The van der Waals surface area contributed by atoms with Gasteiger partial charge in [0.2, 0.25) is 0 Å². The smallest absolute Gasteiger partial charge is 0.141 e. The van der Waals surface area contributed by atoms with Gasteiger partial charge in [-0.25, -0.2) is 9.97 Å². The van der Waals surface area contributed by atoms with Crippen LogP contribution in [0.1, 0.15) is 0 Å². The van der Waals surface area contributed by atoms with Crippen molar-refractivity contribution < 1.29 is 9.84 Å².